The SMILES string of the molecule is CC(C)(C)NC1(C(C)(C)C)CCCCC1. The van der Waals surface area contributed by atoms with Crippen molar-refractivity contribution < 1.29 is 0 Å². The van der Waals surface area contributed by atoms with Crippen LogP contribution in [0, 0.1) is 5.41 Å². The summed E-state index contributed by atoms with van der Waals surface area (Å²) in [6.07, 6.45) is 6.88. The van der Waals surface area contributed by atoms with Gasteiger partial charge in [0.2, 0.25) is 0 Å². The third-order valence-electron chi connectivity index (χ3n) is 3.76. The Hall–Kier alpha value is -0.0400. The molecule has 0 aromatic rings. The van der Waals surface area contributed by atoms with Gasteiger partial charge in [-0.3, -0.25) is 0 Å². The standard InChI is InChI=1S/C14H29N/c1-12(2,3)14(15-13(4,5)6)10-8-7-9-11-14/h15H,7-11H2,1-6H3. The largest absolute Gasteiger partial charge is 0.306 e. The first kappa shape index (κ1) is 13.0. The summed E-state index contributed by atoms with van der Waals surface area (Å²) in [4.78, 5) is 0. The molecule has 0 unspecified atom stereocenters. The predicted octanol–water partition coefficient (Wildman–Crippen LogP) is 4.12. The van der Waals surface area contributed by atoms with Crippen molar-refractivity contribution in [1.29, 1.82) is 0 Å². The number of hydrogen-bond acceptors (Lipinski definition) is 1. The van der Waals surface area contributed by atoms with Crippen molar-refractivity contribution in [2.45, 2.75) is 84.7 Å². The van der Waals surface area contributed by atoms with Gasteiger partial charge in [0.05, 0.1) is 0 Å². The molecule has 1 fully saturated rings. The lowest BCUT2D eigenvalue weighted by atomic mass is 9.64. The van der Waals surface area contributed by atoms with Gasteiger partial charge in [-0.05, 0) is 39.0 Å². The van der Waals surface area contributed by atoms with E-state index in [1.807, 2.05) is 0 Å². The van der Waals surface area contributed by atoms with Crippen LogP contribution in [0.25, 0.3) is 0 Å². The highest BCUT2D eigenvalue weighted by Gasteiger charge is 2.44. The smallest absolute Gasteiger partial charge is 0.0234 e. The molecule has 1 saturated carbocycles. The quantitative estimate of drug-likeness (QED) is 0.688. The lowest BCUT2D eigenvalue weighted by Gasteiger charge is -2.51. The summed E-state index contributed by atoms with van der Waals surface area (Å²) >= 11 is 0. The molecule has 0 bridgehead atoms. The van der Waals surface area contributed by atoms with Crippen molar-refractivity contribution in [1.82, 2.24) is 5.32 Å². The Kier molecular flexibility index (Phi) is 3.55. The van der Waals surface area contributed by atoms with Crippen LogP contribution in [0.1, 0.15) is 73.6 Å². The lowest BCUT2D eigenvalue weighted by molar-refractivity contribution is 0.0612. The second kappa shape index (κ2) is 4.08. The maximum atomic E-state index is 3.91. The molecule has 1 aliphatic carbocycles. The summed E-state index contributed by atoms with van der Waals surface area (Å²) in [6.45, 7) is 14.0. The molecule has 1 N–H and O–H groups in total. The Morgan fingerprint density at radius 3 is 1.60 bits per heavy atom. The molecule has 0 aromatic heterocycles. The molecule has 0 atom stereocenters. The fraction of sp³-hybridized carbons (Fsp3) is 1.00. The van der Waals surface area contributed by atoms with Crippen LogP contribution in [0.4, 0.5) is 0 Å². The molecule has 90 valence electrons. The van der Waals surface area contributed by atoms with Crippen LogP contribution in [0.5, 0.6) is 0 Å². The Morgan fingerprint density at radius 1 is 0.800 bits per heavy atom. The third-order valence-corrected chi connectivity index (χ3v) is 3.76. The van der Waals surface area contributed by atoms with Crippen LogP contribution in [0.2, 0.25) is 0 Å². The molecule has 0 aromatic carbocycles. The van der Waals surface area contributed by atoms with Gasteiger partial charge >= 0.3 is 0 Å². The van der Waals surface area contributed by atoms with E-state index in [2.05, 4.69) is 46.9 Å². The normalized spacial score (nSPS) is 22.8. The number of nitrogens with one attached hydrogen (secondary N) is 1. The summed E-state index contributed by atoms with van der Waals surface area (Å²) in [6, 6.07) is 0. The molecule has 0 radical (unpaired) electrons. The molecule has 1 nitrogen and oxygen atoms in total. The number of hydrogen-bond donors (Lipinski definition) is 1. The molecule has 0 aliphatic heterocycles. The van der Waals surface area contributed by atoms with Gasteiger partial charge < -0.3 is 5.32 Å². The molecule has 0 heterocycles. The summed E-state index contributed by atoms with van der Waals surface area (Å²) in [5.41, 5.74) is 0.939. The van der Waals surface area contributed by atoms with Gasteiger partial charge in [-0.25, -0.2) is 0 Å². The van der Waals surface area contributed by atoms with Crippen LogP contribution < -0.4 is 5.32 Å². The second-order valence-electron chi connectivity index (χ2n) is 7.27. The van der Waals surface area contributed by atoms with Crippen molar-refractivity contribution in [3.63, 3.8) is 0 Å². The minimum atomic E-state index is 0.227. The van der Waals surface area contributed by atoms with Crippen molar-refractivity contribution in [2.24, 2.45) is 5.41 Å². The summed E-state index contributed by atoms with van der Waals surface area (Å²) in [5, 5.41) is 3.91. The fourth-order valence-corrected chi connectivity index (χ4v) is 2.94. The highest BCUT2D eigenvalue weighted by Crippen LogP contribution is 2.43. The second-order valence-corrected chi connectivity index (χ2v) is 7.27. The first-order chi connectivity index (χ1) is 6.66. The first-order valence-corrected chi connectivity index (χ1v) is 6.46. The molecular weight excluding hydrogens is 182 g/mol. The summed E-state index contributed by atoms with van der Waals surface area (Å²) in [5.74, 6) is 0. The van der Waals surface area contributed by atoms with Crippen molar-refractivity contribution in [3.8, 4) is 0 Å². The highest BCUT2D eigenvalue weighted by molar-refractivity contribution is 5.02. The average Bonchev–Trinajstić information content (AvgIpc) is 2.00. The zero-order valence-electron chi connectivity index (χ0n) is 11.5. The molecule has 15 heavy (non-hydrogen) atoms. The van der Waals surface area contributed by atoms with Crippen LogP contribution >= 0.6 is 0 Å². The van der Waals surface area contributed by atoms with Crippen LogP contribution in [-0.4, -0.2) is 11.1 Å². The van der Waals surface area contributed by atoms with Gasteiger partial charge in [-0.15, -0.1) is 0 Å². The maximum Gasteiger partial charge on any atom is 0.0234 e. The van der Waals surface area contributed by atoms with E-state index in [0.717, 1.165) is 0 Å². The van der Waals surface area contributed by atoms with E-state index in [1.54, 1.807) is 0 Å². The molecule has 1 aliphatic rings. The molecule has 0 amide bonds. The maximum absolute atomic E-state index is 3.91. The van der Waals surface area contributed by atoms with Crippen LogP contribution in [0.3, 0.4) is 0 Å². The first-order valence-electron chi connectivity index (χ1n) is 6.46. The molecular formula is C14H29N. The van der Waals surface area contributed by atoms with Crippen molar-refractivity contribution in [3.05, 3.63) is 0 Å². The lowest BCUT2D eigenvalue weighted by Crippen LogP contribution is -2.61. The molecule has 1 rings (SSSR count). The molecule has 0 saturated heterocycles. The Balaban J connectivity index is 2.86. The van der Waals surface area contributed by atoms with Gasteiger partial charge in [-0.2, -0.15) is 0 Å². The van der Waals surface area contributed by atoms with Gasteiger partial charge in [0.25, 0.3) is 0 Å². The van der Waals surface area contributed by atoms with E-state index in [0.29, 0.717) is 11.0 Å². The average molecular weight is 211 g/mol. The van der Waals surface area contributed by atoms with E-state index < -0.39 is 0 Å². The van der Waals surface area contributed by atoms with Gasteiger partial charge in [0.15, 0.2) is 0 Å². The molecule has 1 heteroatoms. The Labute approximate surface area is 96.0 Å². The minimum absolute atomic E-state index is 0.227. The van der Waals surface area contributed by atoms with E-state index in [4.69, 9.17) is 0 Å². The van der Waals surface area contributed by atoms with E-state index in [9.17, 15) is 0 Å². The van der Waals surface area contributed by atoms with Crippen molar-refractivity contribution >= 4 is 0 Å². The predicted molar refractivity (Wildman–Crippen MR) is 68.2 cm³/mol. The number of rotatable bonds is 1. The van der Waals surface area contributed by atoms with E-state index in [1.165, 1.54) is 32.1 Å². The Bertz CT molecular complexity index is 198. The summed E-state index contributed by atoms with van der Waals surface area (Å²) in [7, 11) is 0. The summed E-state index contributed by atoms with van der Waals surface area (Å²) < 4.78 is 0. The Morgan fingerprint density at radius 2 is 1.27 bits per heavy atom. The zero-order chi connectivity index (χ0) is 11.7. The zero-order valence-corrected chi connectivity index (χ0v) is 11.5. The van der Waals surface area contributed by atoms with Gasteiger partial charge in [0, 0.05) is 11.1 Å². The van der Waals surface area contributed by atoms with Gasteiger partial charge in [0.1, 0.15) is 0 Å². The van der Waals surface area contributed by atoms with E-state index >= 15 is 0 Å². The van der Waals surface area contributed by atoms with E-state index in [-0.39, 0.29) is 5.54 Å². The highest BCUT2D eigenvalue weighted by atomic mass is 15.1. The van der Waals surface area contributed by atoms with Crippen molar-refractivity contribution in [2.75, 3.05) is 0 Å². The van der Waals surface area contributed by atoms with Crippen LogP contribution in [0.15, 0.2) is 0 Å². The minimum Gasteiger partial charge on any atom is -0.306 e. The third kappa shape index (κ3) is 3.21. The van der Waals surface area contributed by atoms with Gasteiger partial charge in [-0.1, -0.05) is 40.0 Å². The topological polar surface area (TPSA) is 12.0 Å². The monoisotopic (exact) mass is 211 g/mol. The fourth-order valence-electron chi connectivity index (χ4n) is 2.94. The van der Waals surface area contributed by atoms with Crippen LogP contribution in [-0.2, 0) is 0 Å². The molecule has 0 spiro atoms.